The number of carbonyl (C=O) groups is 1. The van der Waals surface area contributed by atoms with Gasteiger partial charge in [-0.3, -0.25) is 0 Å². The van der Waals surface area contributed by atoms with Crippen LogP contribution in [0.3, 0.4) is 0 Å². The Morgan fingerprint density at radius 2 is 2.11 bits per heavy atom. The summed E-state index contributed by atoms with van der Waals surface area (Å²) < 4.78 is 4.36. The first-order valence-corrected chi connectivity index (χ1v) is 5.07. The number of ether oxygens (including phenoxy) is 1. The van der Waals surface area contributed by atoms with E-state index in [0.717, 1.165) is 17.7 Å². The molecule has 96 valence electrons. The molecule has 0 saturated carbocycles. The lowest BCUT2D eigenvalue weighted by Gasteiger charge is -2.05. The van der Waals surface area contributed by atoms with E-state index in [1.165, 1.54) is 13.3 Å². The molecule has 1 unspecified atom stereocenters. The van der Waals surface area contributed by atoms with E-state index in [4.69, 9.17) is 10.1 Å². The predicted molar refractivity (Wildman–Crippen MR) is 63.8 cm³/mol. The highest BCUT2D eigenvalue weighted by atomic mass is 17.1. The van der Waals surface area contributed by atoms with Crippen molar-refractivity contribution in [1.82, 2.24) is 0 Å². The number of nitrogens with zero attached hydrogens (tertiary/aromatic N) is 1. The van der Waals surface area contributed by atoms with Crippen LogP contribution in [0, 0.1) is 0 Å². The lowest BCUT2D eigenvalue weighted by molar-refractivity contribution is -0.329. The van der Waals surface area contributed by atoms with Crippen LogP contribution in [-0.2, 0) is 19.3 Å². The molecule has 1 rings (SSSR count). The molecule has 0 aliphatic heterocycles. The Kier molecular flexibility index (Phi) is 6.16. The van der Waals surface area contributed by atoms with E-state index in [0.29, 0.717) is 0 Å². The average Bonchev–Trinajstić information content (AvgIpc) is 2.43. The first kappa shape index (κ1) is 13.9. The lowest BCUT2D eigenvalue weighted by atomic mass is 10.2. The van der Waals surface area contributed by atoms with Gasteiger partial charge in [-0.2, -0.15) is 4.89 Å². The molecule has 18 heavy (non-hydrogen) atoms. The van der Waals surface area contributed by atoms with Crippen molar-refractivity contribution in [2.45, 2.75) is 6.29 Å². The van der Waals surface area contributed by atoms with Crippen LogP contribution in [0.15, 0.2) is 47.6 Å². The normalized spacial score (nSPS) is 12.8. The fourth-order valence-electron chi connectivity index (χ4n) is 1.01. The van der Waals surface area contributed by atoms with Crippen molar-refractivity contribution in [3.8, 4) is 0 Å². The van der Waals surface area contributed by atoms with Crippen LogP contribution >= 0.6 is 0 Å². The summed E-state index contributed by atoms with van der Waals surface area (Å²) in [6, 6.07) is 9.21. The zero-order chi connectivity index (χ0) is 13.2. The number of carbonyl (C=O) groups excluding carboxylic acids is 1. The minimum Gasteiger partial charge on any atom is -0.466 e. The number of hydrogen-bond acceptors (Lipinski definition) is 6. The van der Waals surface area contributed by atoms with Gasteiger partial charge in [0.25, 0.3) is 6.29 Å². The molecule has 6 nitrogen and oxygen atoms in total. The highest BCUT2D eigenvalue weighted by molar-refractivity contribution is 5.81. The number of oxime groups is 1. The largest absolute Gasteiger partial charge is 0.466 e. The molecule has 6 heteroatoms. The number of methoxy groups -OCH3 is 1. The van der Waals surface area contributed by atoms with Crippen molar-refractivity contribution in [2.75, 3.05) is 7.11 Å². The Balaban J connectivity index is 2.47. The maximum absolute atomic E-state index is 10.8. The summed E-state index contributed by atoms with van der Waals surface area (Å²) in [6.07, 6.45) is 2.48. The maximum atomic E-state index is 10.8. The van der Waals surface area contributed by atoms with Gasteiger partial charge in [-0.15, -0.1) is 0 Å². The molecule has 0 aromatic heterocycles. The Morgan fingerprint density at radius 3 is 2.72 bits per heavy atom. The fourth-order valence-corrected chi connectivity index (χ4v) is 1.01. The van der Waals surface area contributed by atoms with Gasteiger partial charge in [0.2, 0.25) is 0 Å². The number of rotatable bonds is 6. The Labute approximate surface area is 104 Å². The van der Waals surface area contributed by atoms with Crippen molar-refractivity contribution < 1.29 is 24.5 Å². The van der Waals surface area contributed by atoms with Crippen LogP contribution in [0.4, 0.5) is 0 Å². The van der Waals surface area contributed by atoms with Crippen LogP contribution in [0.25, 0.3) is 0 Å². The van der Waals surface area contributed by atoms with Crippen molar-refractivity contribution in [3.63, 3.8) is 0 Å². The molecule has 0 bridgehead atoms. The van der Waals surface area contributed by atoms with Crippen LogP contribution in [0.2, 0.25) is 0 Å². The number of hydrogen-bond donors (Lipinski definition) is 1. The van der Waals surface area contributed by atoms with Gasteiger partial charge < -0.3 is 9.57 Å². The van der Waals surface area contributed by atoms with Crippen LogP contribution in [-0.4, -0.2) is 30.8 Å². The third-order valence-corrected chi connectivity index (χ3v) is 1.86. The van der Waals surface area contributed by atoms with Crippen molar-refractivity contribution in [3.05, 3.63) is 48.0 Å². The summed E-state index contributed by atoms with van der Waals surface area (Å²) in [6.45, 7) is 0. The fraction of sp³-hybridized carbons (Fsp3) is 0.167. The molecule has 1 aromatic carbocycles. The second-order valence-electron chi connectivity index (χ2n) is 3.11. The van der Waals surface area contributed by atoms with E-state index in [1.54, 1.807) is 0 Å². The summed E-state index contributed by atoms with van der Waals surface area (Å²) in [5.41, 5.74) is 0.825. The summed E-state index contributed by atoms with van der Waals surface area (Å²) in [5, 5.41) is 12.1. The molecule has 0 spiro atoms. The first-order chi connectivity index (χ1) is 8.76. The highest BCUT2D eigenvalue weighted by Gasteiger charge is 2.05. The monoisotopic (exact) mass is 251 g/mol. The van der Waals surface area contributed by atoms with Crippen molar-refractivity contribution in [2.24, 2.45) is 5.16 Å². The summed E-state index contributed by atoms with van der Waals surface area (Å²) in [5.74, 6) is -0.590. The van der Waals surface area contributed by atoms with Crippen LogP contribution in [0.5, 0.6) is 0 Å². The smallest absolute Gasteiger partial charge is 0.330 e. The van der Waals surface area contributed by atoms with Gasteiger partial charge in [0, 0.05) is 6.08 Å². The van der Waals surface area contributed by atoms with Gasteiger partial charge in [-0.05, 0) is 11.6 Å². The van der Waals surface area contributed by atoms with E-state index in [1.807, 2.05) is 30.3 Å². The lowest BCUT2D eigenvalue weighted by Crippen LogP contribution is -2.10. The Hall–Kier alpha value is -2.18. The second-order valence-corrected chi connectivity index (χ2v) is 3.11. The van der Waals surface area contributed by atoms with Gasteiger partial charge in [-0.25, -0.2) is 10.1 Å². The maximum Gasteiger partial charge on any atom is 0.330 e. The molecule has 0 fully saturated rings. The summed E-state index contributed by atoms with van der Waals surface area (Å²) in [7, 11) is 1.23. The summed E-state index contributed by atoms with van der Waals surface area (Å²) >= 11 is 0. The molecular weight excluding hydrogens is 238 g/mol. The van der Waals surface area contributed by atoms with E-state index in [-0.39, 0.29) is 0 Å². The molecule has 0 aliphatic carbocycles. The molecule has 0 heterocycles. The molecule has 1 atom stereocenters. The van der Waals surface area contributed by atoms with Gasteiger partial charge in [0.05, 0.1) is 13.3 Å². The van der Waals surface area contributed by atoms with E-state index < -0.39 is 12.3 Å². The molecule has 1 N–H and O–H groups in total. The standard InChI is InChI=1S/C12H13NO5/c1-16-11(14)7-8-12(18-15)17-13-9-10-5-3-2-4-6-10/h2-9,12,15H,1H3/b8-7-,13-9+. The Bertz CT molecular complexity index is 416. The molecule has 0 aliphatic rings. The van der Waals surface area contributed by atoms with Gasteiger partial charge in [0.1, 0.15) is 0 Å². The van der Waals surface area contributed by atoms with Crippen LogP contribution in [0.1, 0.15) is 5.56 Å². The third kappa shape index (κ3) is 5.24. The molecule has 1 aromatic rings. The average molecular weight is 251 g/mol. The van der Waals surface area contributed by atoms with Crippen molar-refractivity contribution in [1.29, 1.82) is 0 Å². The SMILES string of the molecule is COC(=O)/C=C\C(OO)O/N=C/c1ccccc1. The van der Waals surface area contributed by atoms with E-state index in [2.05, 4.69) is 14.8 Å². The molecular formula is C12H13NO5. The highest BCUT2D eigenvalue weighted by Crippen LogP contribution is 1.98. The van der Waals surface area contributed by atoms with Gasteiger partial charge in [-0.1, -0.05) is 35.5 Å². The minimum atomic E-state index is -1.18. The number of benzene rings is 1. The predicted octanol–water partition coefficient (Wildman–Crippen LogP) is 1.58. The molecule has 0 amide bonds. The van der Waals surface area contributed by atoms with Crippen molar-refractivity contribution >= 4 is 12.2 Å². The van der Waals surface area contributed by atoms with E-state index in [9.17, 15) is 4.79 Å². The number of esters is 1. The zero-order valence-corrected chi connectivity index (χ0v) is 9.72. The second kappa shape index (κ2) is 7.99. The van der Waals surface area contributed by atoms with E-state index >= 15 is 0 Å². The third-order valence-electron chi connectivity index (χ3n) is 1.86. The molecule has 0 saturated heterocycles. The molecule has 0 radical (unpaired) electrons. The quantitative estimate of drug-likeness (QED) is 0.207. The minimum absolute atomic E-state index is 0.590. The summed E-state index contributed by atoms with van der Waals surface area (Å²) in [4.78, 5) is 19.5. The van der Waals surface area contributed by atoms with Crippen LogP contribution < -0.4 is 0 Å². The van der Waals surface area contributed by atoms with Gasteiger partial charge >= 0.3 is 5.97 Å². The van der Waals surface area contributed by atoms with Gasteiger partial charge in [0.15, 0.2) is 0 Å². The first-order valence-electron chi connectivity index (χ1n) is 5.07. The zero-order valence-electron chi connectivity index (χ0n) is 9.72. The topological polar surface area (TPSA) is 77.4 Å². The Morgan fingerprint density at radius 1 is 1.39 bits per heavy atom.